The molecule has 0 bridgehead atoms. The lowest BCUT2D eigenvalue weighted by atomic mass is 10.1. The van der Waals surface area contributed by atoms with Crippen molar-refractivity contribution in [3.05, 3.63) is 34.4 Å². The van der Waals surface area contributed by atoms with Crippen LogP contribution in [0.15, 0.2) is 29.2 Å². The van der Waals surface area contributed by atoms with Gasteiger partial charge >= 0.3 is 0 Å². The number of sulfonamides is 1. The molecule has 116 valence electrons. The van der Waals surface area contributed by atoms with Crippen molar-refractivity contribution in [2.45, 2.75) is 30.7 Å². The number of hydrogen-bond donors (Lipinski definition) is 1. The van der Waals surface area contributed by atoms with Gasteiger partial charge in [0.25, 0.3) is 5.69 Å². The van der Waals surface area contributed by atoms with E-state index >= 15 is 0 Å². The van der Waals surface area contributed by atoms with Crippen molar-refractivity contribution in [2.24, 2.45) is 0 Å². The highest BCUT2D eigenvalue weighted by Crippen LogP contribution is 2.18. The molecule has 1 N–H and O–H groups in total. The van der Waals surface area contributed by atoms with Crippen LogP contribution < -0.4 is 4.72 Å². The molecule has 0 radical (unpaired) electrons. The molecule has 1 heterocycles. The summed E-state index contributed by atoms with van der Waals surface area (Å²) in [6.07, 6.45) is 1.56. The molecule has 7 nitrogen and oxygen atoms in total. The third-order valence-corrected chi connectivity index (χ3v) is 5.25. The van der Waals surface area contributed by atoms with Crippen LogP contribution in [0.25, 0.3) is 0 Å². The minimum absolute atomic E-state index is 0.0611. The van der Waals surface area contributed by atoms with Crippen LogP contribution in [-0.2, 0) is 10.0 Å². The van der Waals surface area contributed by atoms with Crippen molar-refractivity contribution in [3.8, 4) is 0 Å². The summed E-state index contributed by atoms with van der Waals surface area (Å²) in [5.41, 5.74) is -0.120. The van der Waals surface area contributed by atoms with E-state index in [-0.39, 0.29) is 16.6 Å². The molecule has 1 aromatic carbocycles. The van der Waals surface area contributed by atoms with Crippen LogP contribution in [-0.4, -0.2) is 43.9 Å². The molecule has 1 fully saturated rings. The van der Waals surface area contributed by atoms with E-state index in [1.807, 2.05) is 0 Å². The second-order valence-electron chi connectivity index (χ2n) is 5.08. The quantitative estimate of drug-likeness (QED) is 0.654. The molecule has 0 unspecified atom stereocenters. The number of rotatable bonds is 5. The number of piperidine rings is 1. The van der Waals surface area contributed by atoms with E-state index in [1.54, 1.807) is 0 Å². The SMILES string of the molecule is CCN1CCC(NS(=O)(=O)c2ccc([N+](=O)[O-])cc2)CC1. The Morgan fingerprint density at radius 1 is 1.29 bits per heavy atom. The minimum atomic E-state index is -3.62. The van der Waals surface area contributed by atoms with Crippen LogP contribution in [0.1, 0.15) is 19.8 Å². The fourth-order valence-corrected chi connectivity index (χ4v) is 3.71. The van der Waals surface area contributed by atoms with Gasteiger partial charge in [0.2, 0.25) is 10.0 Å². The maximum Gasteiger partial charge on any atom is 0.269 e. The molecule has 1 aliphatic heterocycles. The minimum Gasteiger partial charge on any atom is -0.303 e. The first-order valence-corrected chi connectivity index (χ1v) is 8.40. The van der Waals surface area contributed by atoms with Crippen LogP contribution in [0.4, 0.5) is 5.69 Å². The van der Waals surface area contributed by atoms with Crippen LogP contribution in [0.3, 0.4) is 0 Å². The lowest BCUT2D eigenvalue weighted by Crippen LogP contribution is -2.44. The molecule has 0 saturated carbocycles. The fourth-order valence-electron chi connectivity index (χ4n) is 2.40. The van der Waals surface area contributed by atoms with E-state index in [1.165, 1.54) is 24.3 Å². The Balaban J connectivity index is 2.03. The monoisotopic (exact) mass is 313 g/mol. The Hall–Kier alpha value is -1.51. The van der Waals surface area contributed by atoms with Crippen LogP contribution in [0.5, 0.6) is 0 Å². The van der Waals surface area contributed by atoms with Crippen LogP contribution in [0, 0.1) is 10.1 Å². The van der Waals surface area contributed by atoms with Gasteiger partial charge in [0.15, 0.2) is 0 Å². The zero-order valence-corrected chi connectivity index (χ0v) is 12.7. The van der Waals surface area contributed by atoms with Gasteiger partial charge in [-0.1, -0.05) is 6.92 Å². The lowest BCUT2D eigenvalue weighted by Gasteiger charge is -2.31. The number of nitrogens with zero attached hydrogens (tertiary/aromatic N) is 2. The van der Waals surface area contributed by atoms with Crippen LogP contribution in [0.2, 0.25) is 0 Å². The van der Waals surface area contributed by atoms with E-state index in [0.717, 1.165) is 32.5 Å². The molecule has 1 aromatic rings. The van der Waals surface area contributed by atoms with Gasteiger partial charge in [0.1, 0.15) is 0 Å². The fraction of sp³-hybridized carbons (Fsp3) is 0.538. The number of non-ortho nitro benzene ring substituents is 1. The maximum absolute atomic E-state index is 12.2. The smallest absolute Gasteiger partial charge is 0.269 e. The molecule has 1 saturated heterocycles. The molecular formula is C13H19N3O4S. The third-order valence-electron chi connectivity index (χ3n) is 3.71. The Morgan fingerprint density at radius 3 is 2.33 bits per heavy atom. The van der Waals surface area contributed by atoms with Crippen molar-refractivity contribution in [1.82, 2.24) is 9.62 Å². The molecule has 0 aromatic heterocycles. The Bertz CT molecular complexity index is 592. The summed E-state index contributed by atoms with van der Waals surface area (Å²) in [5, 5.41) is 10.6. The molecular weight excluding hydrogens is 294 g/mol. The van der Waals surface area contributed by atoms with E-state index in [2.05, 4.69) is 16.5 Å². The number of nitrogens with one attached hydrogen (secondary N) is 1. The molecule has 0 aliphatic carbocycles. The Labute approximate surface area is 124 Å². The zero-order valence-electron chi connectivity index (χ0n) is 11.9. The van der Waals surface area contributed by atoms with Gasteiger partial charge in [0.05, 0.1) is 9.82 Å². The lowest BCUT2D eigenvalue weighted by molar-refractivity contribution is -0.384. The number of benzene rings is 1. The second kappa shape index (κ2) is 6.50. The van der Waals surface area contributed by atoms with Gasteiger partial charge in [-0.3, -0.25) is 10.1 Å². The Kier molecular flexibility index (Phi) is 4.92. The molecule has 0 atom stereocenters. The highest BCUT2D eigenvalue weighted by molar-refractivity contribution is 7.89. The first kappa shape index (κ1) is 15.9. The van der Waals surface area contributed by atoms with E-state index in [9.17, 15) is 18.5 Å². The second-order valence-corrected chi connectivity index (χ2v) is 6.79. The molecule has 8 heteroatoms. The van der Waals surface area contributed by atoms with Gasteiger partial charge < -0.3 is 4.90 Å². The summed E-state index contributed by atoms with van der Waals surface area (Å²) in [6.45, 7) is 4.82. The summed E-state index contributed by atoms with van der Waals surface area (Å²) in [7, 11) is -3.62. The first-order valence-electron chi connectivity index (χ1n) is 6.91. The first-order chi connectivity index (χ1) is 9.92. The van der Waals surface area contributed by atoms with E-state index < -0.39 is 14.9 Å². The third kappa shape index (κ3) is 3.99. The number of nitro groups is 1. The largest absolute Gasteiger partial charge is 0.303 e. The Morgan fingerprint density at radius 2 is 1.86 bits per heavy atom. The molecule has 0 spiro atoms. The van der Waals surface area contributed by atoms with Crippen LogP contribution >= 0.6 is 0 Å². The molecule has 2 rings (SSSR count). The molecule has 0 amide bonds. The summed E-state index contributed by atoms with van der Waals surface area (Å²) in [5.74, 6) is 0. The van der Waals surface area contributed by atoms with Gasteiger partial charge in [0, 0.05) is 18.2 Å². The number of nitro benzene ring substituents is 1. The summed E-state index contributed by atoms with van der Waals surface area (Å²) >= 11 is 0. The van der Waals surface area contributed by atoms with Crippen molar-refractivity contribution in [3.63, 3.8) is 0 Å². The van der Waals surface area contributed by atoms with E-state index in [4.69, 9.17) is 0 Å². The summed E-state index contributed by atoms with van der Waals surface area (Å²) < 4.78 is 27.2. The molecule has 21 heavy (non-hydrogen) atoms. The zero-order chi connectivity index (χ0) is 15.5. The van der Waals surface area contributed by atoms with Crippen molar-refractivity contribution in [1.29, 1.82) is 0 Å². The summed E-state index contributed by atoms with van der Waals surface area (Å²) in [6, 6.07) is 4.86. The van der Waals surface area contributed by atoms with Gasteiger partial charge in [-0.2, -0.15) is 0 Å². The van der Waals surface area contributed by atoms with Crippen molar-refractivity contribution < 1.29 is 13.3 Å². The standard InChI is InChI=1S/C13H19N3O4S/c1-2-15-9-7-11(8-10-15)14-21(19,20)13-5-3-12(4-6-13)16(17)18/h3-6,11,14H,2,7-10H2,1H3. The van der Waals surface area contributed by atoms with Gasteiger partial charge in [-0.25, -0.2) is 13.1 Å². The van der Waals surface area contributed by atoms with Crippen molar-refractivity contribution in [2.75, 3.05) is 19.6 Å². The van der Waals surface area contributed by atoms with Gasteiger partial charge in [-0.15, -0.1) is 0 Å². The highest BCUT2D eigenvalue weighted by atomic mass is 32.2. The molecule has 1 aliphatic rings. The van der Waals surface area contributed by atoms with E-state index in [0.29, 0.717) is 0 Å². The highest BCUT2D eigenvalue weighted by Gasteiger charge is 2.24. The topological polar surface area (TPSA) is 92.6 Å². The summed E-state index contributed by atoms with van der Waals surface area (Å²) in [4.78, 5) is 12.4. The number of likely N-dealkylation sites (tertiary alicyclic amines) is 1. The maximum atomic E-state index is 12.2. The predicted octanol–water partition coefficient (Wildman–Crippen LogP) is 1.36. The van der Waals surface area contributed by atoms with Gasteiger partial charge in [-0.05, 0) is 44.6 Å². The average molecular weight is 313 g/mol. The average Bonchev–Trinajstić information content (AvgIpc) is 2.48. The van der Waals surface area contributed by atoms with Crippen molar-refractivity contribution >= 4 is 15.7 Å². The predicted molar refractivity (Wildman–Crippen MR) is 78.6 cm³/mol. The number of hydrogen-bond acceptors (Lipinski definition) is 5. The normalized spacial score (nSPS) is 17.8.